The first-order valence-electron chi connectivity index (χ1n) is 14.4. The molecule has 50 heavy (non-hydrogen) atoms. The Balaban J connectivity index is 1.72. The maximum Gasteiger partial charge on any atom is 0.416 e. The normalized spacial score (nSPS) is 21.3. The quantitative estimate of drug-likeness (QED) is 0.139. The topological polar surface area (TPSA) is 108 Å². The van der Waals surface area contributed by atoms with Gasteiger partial charge in [0.2, 0.25) is 0 Å². The number of alkyl halides is 9. The predicted octanol–water partition coefficient (Wildman–Crippen LogP) is 7.19. The van der Waals surface area contributed by atoms with E-state index in [0.717, 1.165) is 48.2 Å². The number of rotatable bonds is 9. The Kier molecular flexibility index (Phi) is 11.8. The summed E-state index contributed by atoms with van der Waals surface area (Å²) in [6.07, 6.45) is -21.2. The van der Waals surface area contributed by atoms with Crippen LogP contribution in [-0.4, -0.2) is 65.2 Å². The predicted molar refractivity (Wildman–Crippen MR) is 156 cm³/mol. The minimum absolute atomic E-state index is 0.243. The van der Waals surface area contributed by atoms with Crippen molar-refractivity contribution in [2.45, 2.75) is 55.3 Å². The van der Waals surface area contributed by atoms with E-state index < -0.39 is 106 Å². The standard InChI is InChI=1S/C32H25F9O8S/c1-2-50-29-25(49-28(45)18-7-13-21(14-8-18)32(39,40)41)24(48-27(44)17-5-11-20(12-6-17)31(36,37)38)23(22(15-42)46-29)47-26(43)16-3-9-19(10-4-16)30(33,34)35/h3-14,22-25,29,42H,2,15H2,1H3/t22-,23-,24+,25-,29-/m1/s1. The van der Waals surface area contributed by atoms with E-state index in [4.69, 9.17) is 18.9 Å². The number of esters is 3. The number of thioether (sulfide) groups is 1. The van der Waals surface area contributed by atoms with Gasteiger partial charge in [0.25, 0.3) is 0 Å². The van der Waals surface area contributed by atoms with Crippen LogP contribution in [-0.2, 0) is 37.5 Å². The van der Waals surface area contributed by atoms with Crippen LogP contribution in [0.5, 0.6) is 0 Å². The highest BCUT2D eigenvalue weighted by Crippen LogP contribution is 2.36. The fourth-order valence-corrected chi connectivity index (χ4v) is 5.64. The molecule has 0 aliphatic carbocycles. The SMILES string of the molecule is CCS[C@H]1O[C@H](CO)[C@@H](OC(=O)c2ccc(C(F)(F)F)cc2)[C@H](OC(=O)c2ccc(C(F)(F)F)cc2)[C@H]1OC(=O)c1ccc(C(F)(F)F)cc1. The summed E-state index contributed by atoms with van der Waals surface area (Å²) in [7, 11) is 0. The first-order valence-corrected chi connectivity index (χ1v) is 15.4. The molecule has 0 saturated carbocycles. The van der Waals surface area contributed by atoms with E-state index in [1.165, 1.54) is 0 Å². The summed E-state index contributed by atoms with van der Waals surface area (Å²) in [5, 5.41) is 10.2. The Hall–Kier alpha value is -4.29. The van der Waals surface area contributed by atoms with Gasteiger partial charge in [0.05, 0.1) is 40.0 Å². The maximum atomic E-state index is 13.3. The monoisotopic (exact) mass is 740 g/mol. The average molecular weight is 741 g/mol. The van der Waals surface area contributed by atoms with Crippen molar-refractivity contribution >= 4 is 29.7 Å². The third-order valence-electron chi connectivity index (χ3n) is 7.18. The van der Waals surface area contributed by atoms with Gasteiger partial charge in [-0.1, -0.05) is 6.92 Å². The van der Waals surface area contributed by atoms with E-state index >= 15 is 0 Å². The third-order valence-corrected chi connectivity index (χ3v) is 8.22. The molecule has 0 bridgehead atoms. The lowest BCUT2D eigenvalue weighted by Crippen LogP contribution is -2.61. The summed E-state index contributed by atoms with van der Waals surface area (Å²) in [4.78, 5) is 39.6. The zero-order valence-corrected chi connectivity index (χ0v) is 26.2. The summed E-state index contributed by atoms with van der Waals surface area (Å²) in [5.74, 6) is -3.61. The average Bonchev–Trinajstić information content (AvgIpc) is 3.06. The van der Waals surface area contributed by atoms with Crippen molar-refractivity contribution < 1.29 is 78.0 Å². The van der Waals surface area contributed by atoms with E-state index in [1.54, 1.807) is 6.92 Å². The molecule has 3 aromatic carbocycles. The molecule has 0 aromatic heterocycles. The van der Waals surface area contributed by atoms with Gasteiger partial charge in [0.15, 0.2) is 18.3 Å². The maximum absolute atomic E-state index is 13.3. The molecule has 4 rings (SSSR count). The highest BCUT2D eigenvalue weighted by molar-refractivity contribution is 7.99. The summed E-state index contributed by atoms with van der Waals surface area (Å²) < 4.78 is 140. The first-order chi connectivity index (χ1) is 23.3. The van der Waals surface area contributed by atoms with Crippen LogP contribution in [0, 0.1) is 0 Å². The lowest BCUT2D eigenvalue weighted by molar-refractivity contribution is -0.207. The van der Waals surface area contributed by atoms with Crippen molar-refractivity contribution in [3.63, 3.8) is 0 Å². The summed E-state index contributed by atoms with van der Waals surface area (Å²) in [6.45, 7) is 0.719. The molecule has 1 aliphatic heterocycles. The zero-order chi connectivity index (χ0) is 37.0. The first kappa shape index (κ1) is 38.5. The van der Waals surface area contributed by atoms with Crippen LogP contribution in [0.15, 0.2) is 72.8 Å². The molecule has 1 aliphatic rings. The van der Waals surface area contributed by atoms with Crippen LogP contribution in [0.2, 0.25) is 0 Å². The highest BCUT2D eigenvalue weighted by atomic mass is 32.2. The fourth-order valence-electron chi connectivity index (χ4n) is 4.69. The molecule has 0 spiro atoms. The molecule has 270 valence electrons. The van der Waals surface area contributed by atoms with Crippen LogP contribution in [0.3, 0.4) is 0 Å². The molecule has 3 aromatic rings. The number of ether oxygens (including phenoxy) is 4. The zero-order valence-electron chi connectivity index (χ0n) is 25.3. The van der Waals surface area contributed by atoms with Gasteiger partial charge in [-0.05, 0) is 78.5 Å². The van der Waals surface area contributed by atoms with Crippen molar-refractivity contribution in [3.05, 3.63) is 106 Å². The van der Waals surface area contributed by atoms with Gasteiger partial charge in [-0.25, -0.2) is 14.4 Å². The van der Waals surface area contributed by atoms with Gasteiger partial charge in [-0.3, -0.25) is 0 Å². The fraction of sp³-hybridized carbons (Fsp3) is 0.344. The second-order valence-corrected chi connectivity index (χ2v) is 11.9. The number of hydrogen-bond donors (Lipinski definition) is 1. The summed E-state index contributed by atoms with van der Waals surface area (Å²) in [6, 6.07) is 8.26. The Morgan fingerprint density at radius 3 is 1.22 bits per heavy atom. The molecule has 1 fully saturated rings. The van der Waals surface area contributed by atoms with Gasteiger partial charge >= 0.3 is 36.4 Å². The molecule has 5 atom stereocenters. The van der Waals surface area contributed by atoms with Crippen LogP contribution >= 0.6 is 11.8 Å². The molecule has 1 saturated heterocycles. The van der Waals surface area contributed by atoms with Gasteiger partial charge in [0.1, 0.15) is 11.5 Å². The van der Waals surface area contributed by atoms with Crippen LogP contribution in [0.1, 0.15) is 54.7 Å². The van der Waals surface area contributed by atoms with E-state index in [2.05, 4.69) is 0 Å². The number of aliphatic hydroxyl groups is 1. The minimum Gasteiger partial charge on any atom is -0.452 e. The van der Waals surface area contributed by atoms with Gasteiger partial charge in [-0.15, -0.1) is 11.8 Å². The highest BCUT2D eigenvalue weighted by Gasteiger charge is 2.52. The Morgan fingerprint density at radius 1 is 0.600 bits per heavy atom. The molecule has 18 heteroatoms. The number of carbonyl (C=O) groups excluding carboxylic acids is 3. The van der Waals surface area contributed by atoms with Crippen LogP contribution < -0.4 is 0 Å². The van der Waals surface area contributed by atoms with Gasteiger partial charge < -0.3 is 24.1 Å². The number of carbonyl (C=O) groups is 3. The van der Waals surface area contributed by atoms with Crippen molar-refractivity contribution in [3.8, 4) is 0 Å². The minimum atomic E-state index is -4.75. The van der Waals surface area contributed by atoms with Crippen LogP contribution in [0.25, 0.3) is 0 Å². The molecule has 1 heterocycles. The number of halogens is 9. The van der Waals surface area contributed by atoms with Gasteiger partial charge in [-0.2, -0.15) is 39.5 Å². The smallest absolute Gasteiger partial charge is 0.416 e. The van der Waals surface area contributed by atoms with Crippen molar-refractivity contribution in [1.82, 2.24) is 0 Å². The largest absolute Gasteiger partial charge is 0.452 e. The van der Waals surface area contributed by atoms with Gasteiger partial charge in [0, 0.05) is 0 Å². The second-order valence-electron chi connectivity index (χ2n) is 10.5. The third kappa shape index (κ3) is 9.28. The lowest BCUT2D eigenvalue weighted by atomic mass is 9.98. The number of benzene rings is 3. The van der Waals surface area contributed by atoms with Crippen molar-refractivity contribution in [2.24, 2.45) is 0 Å². The molecule has 8 nitrogen and oxygen atoms in total. The lowest BCUT2D eigenvalue weighted by Gasteiger charge is -2.44. The summed E-state index contributed by atoms with van der Waals surface area (Å²) >= 11 is 0.952. The second kappa shape index (κ2) is 15.3. The van der Waals surface area contributed by atoms with E-state index in [9.17, 15) is 59.0 Å². The number of hydrogen-bond acceptors (Lipinski definition) is 9. The van der Waals surface area contributed by atoms with Crippen molar-refractivity contribution in [2.75, 3.05) is 12.4 Å². The molecule has 1 N–H and O–H groups in total. The van der Waals surface area contributed by atoms with Crippen molar-refractivity contribution in [1.29, 1.82) is 0 Å². The molecular formula is C32H25F9O8S. The Bertz CT molecular complexity index is 1640. The number of aliphatic hydroxyl groups excluding tert-OH is 1. The molecule has 0 amide bonds. The molecular weight excluding hydrogens is 715 g/mol. The molecule has 0 radical (unpaired) electrons. The van der Waals surface area contributed by atoms with E-state index in [-0.39, 0.29) is 5.75 Å². The summed E-state index contributed by atoms with van der Waals surface area (Å²) in [5.41, 5.74) is -5.83. The Morgan fingerprint density at radius 2 is 0.920 bits per heavy atom. The Labute approximate surface area is 281 Å². The van der Waals surface area contributed by atoms with E-state index in [1.807, 2.05) is 0 Å². The van der Waals surface area contributed by atoms with Crippen LogP contribution in [0.4, 0.5) is 39.5 Å². The molecule has 0 unspecified atom stereocenters. The van der Waals surface area contributed by atoms with E-state index in [0.29, 0.717) is 36.4 Å².